The molecule has 0 saturated carbocycles. The highest BCUT2D eigenvalue weighted by Crippen LogP contribution is 2.20. The van der Waals surface area contributed by atoms with Gasteiger partial charge in [-0.25, -0.2) is 0 Å². The van der Waals surface area contributed by atoms with Gasteiger partial charge in [0.05, 0.1) is 0 Å². The number of rotatable bonds is 5. The molecule has 0 aromatic heterocycles. The number of amides is 3. The quantitative estimate of drug-likeness (QED) is 0.802. The number of hydrogen-bond donors (Lipinski definition) is 1. The predicted molar refractivity (Wildman–Crippen MR) is 118 cm³/mol. The molecule has 1 heterocycles. The van der Waals surface area contributed by atoms with Crippen LogP contribution in [0, 0.1) is 6.92 Å². The number of ether oxygens (including phenoxy) is 1. The minimum atomic E-state index is -0.677. The summed E-state index contributed by atoms with van der Waals surface area (Å²) < 4.78 is 5.87. The highest BCUT2D eigenvalue weighted by atomic mass is 16.5. The van der Waals surface area contributed by atoms with Gasteiger partial charge in [-0.15, -0.1) is 0 Å². The molecule has 1 fully saturated rings. The number of carbonyl (C=O) groups is 3. The van der Waals surface area contributed by atoms with E-state index in [4.69, 9.17) is 4.74 Å². The maximum atomic E-state index is 13.0. The van der Waals surface area contributed by atoms with Crippen LogP contribution in [0.5, 0.6) is 5.75 Å². The molecular formula is C24H29N3O4. The molecular weight excluding hydrogens is 394 g/mol. The van der Waals surface area contributed by atoms with E-state index < -0.39 is 6.10 Å². The molecule has 31 heavy (non-hydrogen) atoms. The van der Waals surface area contributed by atoms with Crippen molar-refractivity contribution in [3.63, 3.8) is 0 Å². The van der Waals surface area contributed by atoms with Gasteiger partial charge < -0.3 is 19.9 Å². The topological polar surface area (TPSA) is 79.0 Å². The first kappa shape index (κ1) is 22.3. The van der Waals surface area contributed by atoms with Gasteiger partial charge in [0, 0.05) is 43.9 Å². The third-order valence-electron chi connectivity index (χ3n) is 5.55. The van der Waals surface area contributed by atoms with Crippen LogP contribution in [-0.4, -0.2) is 66.3 Å². The predicted octanol–water partition coefficient (Wildman–Crippen LogP) is 2.50. The molecule has 3 amide bonds. The Bertz CT molecular complexity index is 961. The molecule has 2 unspecified atom stereocenters. The van der Waals surface area contributed by atoms with Crippen LogP contribution in [0.4, 0.5) is 0 Å². The molecule has 3 rings (SSSR count). The highest BCUT2D eigenvalue weighted by Gasteiger charge is 2.33. The Morgan fingerprint density at radius 2 is 1.81 bits per heavy atom. The molecule has 7 heteroatoms. The Labute approximate surface area is 183 Å². The van der Waals surface area contributed by atoms with Crippen molar-refractivity contribution in [1.29, 1.82) is 0 Å². The molecule has 0 aliphatic carbocycles. The molecule has 2 atom stereocenters. The van der Waals surface area contributed by atoms with Crippen LogP contribution in [0.3, 0.4) is 0 Å². The number of hydrogen-bond acceptors (Lipinski definition) is 4. The summed E-state index contributed by atoms with van der Waals surface area (Å²) in [5.41, 5.74) is 2.00. The van der Waals surface area contributed by atoms with Crippen molar-refractivity contribution in [1.82, 2.24) is 15.1 Å². The second kappa shape index (κ2) is 9.64. The first-order valence-corrected chi connectivity index (χ1v) is 10.5. The van der Waals surface area contributed by atoms with Gasteiger partial charge in [-0.2, -0.15) is 0 Å². The van der Waals surface area contributed by atoms with Gasteiger partial charge in [0.2, 0.25) is 0 Å². The van der Waals surface area contributed by atoms with Crippen molar-refractivity contribution < 1.29 is 19.1 Å². The number of benzene rings is 2. The maximum absolute atomic E-state index is 13.0. The zero-order chi connectivity index (χ0) is 22.5. The Hall–Kier alpha value is -3.35. The van der Waals surface area contributed by atoms with E-state index in [9.17, 15) is 14.4 Å². The summed E-state index contributed by atoms with van der Waals surface area (Å²) in [6.45, 7) is 6.91. The fourth-order valence-corrected chi connectivity index (χ4v) is 3.82. The lowest BCUT2D eigenvalue weighted by Gasteiger charge is -2.40. The normalized spacial score (nSPS) is 17.1. The van der Waals surface area contributed by atoms with Crippen LogP contribution in [0.15, 0.2) is 48.5 Å². The molecule has 7 nitrogen and oxygen atoms in total. The summed E-state index contributed by atoms with van der Waals surface area (Å²) in [7, 11) is 1.58. The Morgan fingerprint density at radius 1 is 1.10 bits per heavy atom. The van der Waals surface area contributed by atoms with E-state index >= 15 is 0 Å². The first-order chi connectivity index (χ1) is 14.8. The number of nitrogens with zero attached hydrogens (tertiary/aromatic N) is 2. The lowest BCUT2D eigenvalue weighted by molar-refractivity contribution is -0.142. The van der Waals surface area contributed by atoms with E-state index in [2.05, 4.69) is 5.32 Å². The van der Waals surface area contributed by atoms with Gasteiger partial charge in [0.15, 0.2) is 6.10 Å². The highest BCUT2D eigenvalue weighted by molar-refractivity contribution is 5.95. The Balaban J connectivity index is 1.61. The number of carbonyl (C=O) groups excluding carboxylic acids is 3. The van der Waals surface area contributed by atoms with E-state index in [0.29, 0.717) is 36.5 Å². The lowest BCUT2D eigenvalue weighted by atomic mass is 10.1. The van der Waals surface area contributed by atoms with Crippen molar-refractivity contribution in [2.45, 2.75) is 32.9 Å². The minimum absolute atomic E-state index is 0.0180. The Kier molecular flexibility index (Phi) is 6.95. The van der Waals surface area contributed by atoms with Crippen molar-refractivity contribution in [2.24, 2.45) is 0 Å². The van der Waals surface area contributed by atoms with Gasteiger partial charge in [-0.3, -0.25) is 14.4 Å². The van der Waals surface area contributed by atoms with Gasteiger partial charge >= 0.3 is 0 Å². The smallest absolute Gasteiger partial charge is 0.263 e. The summed E-state index contributed by atoms with van der Waals surface area (Å²) in [4.78, 5) is 41.1. The SMILES string of the molecule is CNC(=O)c1ccc(OC(C)C(=O)N2CCN(C(=O)c3ccccc3)CC2C)cc1C. The second-order valence-corrected chi connectivity index (χ2v) is 7.81. The van der Waals surface area contributed by atoms with Gasteiger partial charge in [0.25, 0.3) is 17.7 Å². The van der Waals surface area contributed by atoms with Gasteiger partial charge in [-0.1, -0.05) is 18.2 Å². The molecule has 1 aliphatic rings. The van der Waals surface area contributed by atoms with Crippen LogP contribution in [-0.2, 0) is 4.79 Å². The monoisotopic (exact) mass is 423 g/mol. The average molecular weight is 424 g/mol. The zero-order valence-corrected chi connectivity index (χ0v) is 18.4. The summed E-state index contributed by atoms with van der Waals surface area (Å²) in [5, 5.41) is 2.60. The number of nitrogens with one attached hydrogen (secondary N) is 1. The van der Waals surface area contributed by atoms with Crippen LogP contribution < -0.4 is 10.1 Å². The van der Waals surface area contributed by atoms with E-state index in [1.807, 2.05) is 32.0 Å². The van der Waals surface area contributed by atoms with Crippen molar-refractivity contribution in [3.05, 3.63) is 65.2 Å². The fourth-order valence-electron chi connectivity index (χ4n) is 3.82. The molecule has 164 valence electrons. The van der Waals surface area contributed by atoms with E-state index in [1.165, 1.54) is 0 Å². The van der Waals surface area contributed by atoms with Gasteiger partial charge in [-0.05, 0) is 56.7 Å². The van der Waals surface area contributed by atoms with Crippen LogP contribution >= 0.6 is 0 Å². The van der Waals surface area contributed by atoms with Crippen molar-refractivity contribution in [3.8, 4) is 5.75 Å². The van der Waals surface area contributed by atoms with Crippen molar-refractivity contribution >= 4 is 17.7 Å². The third-order valence-corrected chi connectivity index (χ3v) is 5.55. The number of aryl methyl sites for hydroxylation is 1. The Morgan fingerprint density at radius 3 is 2.42 bits per heavy atom. The summed E-state index contributed by atoms with van der Waals surface area (Å²) in [6.07, 6.45) is -0.677. The summed E-state index contributed by atoms with van der Waals surface area (Å²) in [6, 6.07) is 14.2. The lowest BCUT2D eigenvalue weighted by Crippen LogP contribution is -2.57. The molecule has 0 spiro atoms. The fraction of sp³-hybridized carbons (Fsp3) is 0.375. The summed E-state index contributed by atoms with van der Waals surface area (Å²) in [5.74, 6) is 0.240. The minimum Gasteiger partial charge on any atom is -0.481 e. The molecule has 0 bridgehead atoms. The number of piperazine rings is 1. The van der Waals surface area contributed by atoms with Crippen molar-refractivity contribution in [2.75, 3.05) is 26.7 Å². The van der Waals surface area contributed by atoms with E-state index in [1.54, 1.807) is 54.1 Å². The standard InChI is InChI=1S/C24H29N3O4/c1-16-14-20(10-11-21(16)22(28)25-4)31-18(3)23(29)27-13-12-26(15-17(27)2)24(30)19-8-6-5-7-9-19/h5-11,14,17-18H,12-13,15H2,1-4H3,(H,25,28). The average Bonchev–Trinajstić information content (AvgIpc) is 2.78. The molecule has 2 aromatic rings. The molecule has 2 aromatic carbocycles. The van der Waals surface area contributed by atoms with Crippen LogP contribution in [0.25, 0.3) is 0 Å². The zero-order valence-electron chi connectivity index (χ0n) is 18.4. The van der Waals surface area contributed by atoms with E-state index in [0.717, 1.165) is 5.56 Å². The van der Waals surface area contributed by atoms with E-state index in [-0.39, 0.29) is 23.8 Å². The van der Waals surface area contributed by atoms with Crippen LogP contribution in [0.2, 0.25) is 0 Å². The first-order valence-electron chi connectivity index (χ1n) is 10.5. The summed E-state index contributed by atoms with van der Waals surface area (Å²) >= 11 is 0. The molecule has 1 N–H and O–H groups in total. The van der Waals surface area contributed by atoms with Crippen LogP contribution in [0.1, 0.15) is 40.1 Å². The largest absolute Gasteiger partial charge is 0.481 e. The molecule has 0 radical (unpaired) electrons. The maximum Gasteiger partial charge on any atom is 0.263 e. The molecule has 1 aliphatic heterocycles. The second-order valence-electron chi connectivity index (χ2n) is 7.81. The third kappa shape index (κ3) is 5.05. The van der Waals surface area contributed by atoms with Gasteiger partial charge in [0.1, 0.15) is 5.75 Å². The molecule has 1 saturated heterocycles.